The summed E-state index contributed by atoms with van der Waals surface area (Å²) in [6, 6.07) is 7.93. The monoisotopic (exact) mass is 209 g/mol. The van der Waals surface area contributed by atoms with Crippen molar-refractivity contribution in [2.75, 3.05) is 19.8 Å². The van der Waals surface area contributed by atoms with Crippen LogP contribution in [0.25, 0.3) is 0 Å². The van der Waals surface area contributed by atoms with Crippen molar-refractivity contribution in [2.45, 2.75) is 6.04 Å². The molecule has 0 spiro atoms. The van der Waals surface area contributed by atoms with Crippen LogP contribution >= 0.6 is 0 Å². The van der Waals surface area contributed by atoms with Crippen molar-refractivity contribution >= 4 is 5.78 Å². The average molecular weight is 209 g/mol. The molecule has 1 heterocycles. The van der Waals surface area contributed by atoms with E-state index in [1.165, 1.54) is 0 Å². The van der Waals surface area contributed by atoms with Gasteiger partial charge in [-0.2, -0.15) is 0 Å². The second-order valence-electron chi connectivity index (χ2n) is 3.44. The third-order valence-electron chi connectivity index (χ3n) is 2.42. The zero-order valence-electron chi connectivity index (χ0n) is 8.23. The quantitative estimate of drug-likeness (QED) is 0.545. The number of benzene rings is 1. The number of carbonyl (C=O) groups is 1. The lowest BCUT2D eigenvalue weighted by Crippen LogP contribution is -2.45. The van der Waals surface area contributed by atoms with Crippen LogP contribution < -0.4 is 0 Å². The maximum Gasteiger partial charge on any atom is 0.184 e. The van der Waals surface area contributed by atoms with Gasteiger partial charge in [-0.15, -0.1) is 9.60 Å². The number of Topliss-reactive ketones (excluding diaryl/α,β-unsaturated/α-hetero) is 1. The SMILES string of the molecule is O=C(c1ccccc1)C1COCCN1F. The molecule has 2 rings (SSSR count). The summed E-state index contributed by atoms with van der Waals surface area (Å²) in [4.78, 5) is 11.8. The number of hydrogen-bond acceptors (Lipinski definition) is 3. The van der Waals surface area contributed by atoms with Crippen molar-refractivity contribution in [3.05, 3.63) is 35.9 Å². The third kappa shape index (κ3) is 2.22. The summed E-state index contributed by atoms with van der Waals surface area (Å²) in [6.07, 6.45) is 0. The van der Waals surface area contributed by atoms with E-state index in [4.69, 9.17) is 4.74 Å². The van der Waals surface area contributed by atoms with E-state index in [0.717, 1.165) is 0 Å². The molecule has 0 amide bonds. The van der Waals surface area contributed by atoms with Gasteiger partial charge in [-0.25, -0.2) is 0 Å². The number of carbonyl (C=O) groups excluding carboxylic acids is 1. The highest BCUT2D eigenvalue weighted by Crippen LogP contribution is 2.13. The Morgan fingerprint density at radius 1 is 1.40 bits per heavy atom. The van der Waals surface area contributed by atoms with Gasteiger partial charge in [-0.3, -0.25) is 4.79 Å². The Labute approximate surface area is 87.4 Å². The molecule has 1 atom stereocenters. The van der Waals surface area contributed by atoms with Crippen LogP contribution in [0.4, 0.5) is 4.48 Å². The molecule has 15 heavy (non-hydrogen) atoms. The van der Waals surface area contributed by atoms with Crippen molar-refractivity contribution in [3.63, 3.8) is 0 Å². The van der Waals surface area contributed by atoms with E-state index in [2.05, 4.69) is 0 Å². The first-order valence-electron chi connectivity index (χ1n) is 4.88. The predicted molar refractivity (Wildman–Crippen MR) is 53.2 cm³/mol. The normalized spacial score (nSPS) is 22.6. The van der Waals surface area contributed by atoms with E-state index < -0.39 is 6.04 Å². The summed E-state index contributed by atoms with van der Waals surface area (Å²) in [6.45, 7) is 0.628. The van der Waals surface area contributed by atoms with Gasteiger partial charge < -0.3 is 4.74 Å². The van der Waals surface area contributed by atoms with Crippen molar-refractivity contribution in [1.29, 1.82) is 0 Å². The highest BCUT2D eigenvalue weighted by Gasteiger charge is 2.30. The Kier molecular flexibility index (Phi) is 3.08. The first-order chi connectivity index (χ1) is 7.29. The number of ether oxygens (including phenoxy) is 1. The zero-order chi connectivity index (χ0) is 10.7. The van der Waals surface area contributed by atoms with Gasteiger partial charge in [0.1, 0.15) is 6.04 Å². The van der Waals surface area contributed by atoms with Crippen LogP contribution in [-0.4, -0.2) is 36.7 Å². The molecule has 0 aromatic heterocycles. The highest BCUT2D eigenvalue weighted by atomic mass is 19.2. The molecule has 80 valence electrons. The molecule has 1 aromatic rings. The van der Waals surface area contributed by atoms with Gasteiger partial charge in [-0.05, 0) is 0 Å². The predicted octanol–water partition coefficient (Wildman–Crippen LogP) is 1.45. The summed E-state index contributed by atoms with van der Waals surface area (Å²) in [5.41, 5.74) is 0.524. The second-order valence-corrected chi connectivity index (χ2v) is 3.44. The van der Waals surface area contributed by atoms with Crippen molar-refractivity contribution in [1.82, 2.24) is 5.12 Å². The van der Waals surface area contributed by atoms with Crippen LogP contribution in [0.1, 0.15) is 10.4 Å². The molecular formula is C11H12FNO2. The smallest absolute Gasteiger partial charge is 0.184 e. The van der Waals surface area contributed by atoms with Crippen molar-refractivity contribution in [2.24, 2.45) is 0 Å². The fourth-order valence-electron chi connectivity index (χ4n) is 1.58. The molecule has 1 fully saturated rings. The lowest BCUT2D eigenvalue weighted by molar-refractivity contribution is -0.0958. The molecule has 0 N–H and O–H groups in total. The number of nitrogens with zero attached hydrogens (tertiary/aromatic N) is 1. The Morgan fingerprint density at radius 3 is 2.80 bits per heavy atom. The molecule has 0 saturated carbocycles. The van der Waals surface area contributed by atoms with Gasteiger partial charge in [0.15, 0.2) is 5.78 Å². The molecule has 4 heteroatoms. The minimum absolute atomic E-state index is 0.129. The minimum atomic E-state index is -0.791. The van der Waals surface area contributed by atoms with E-state index >= 15 is 0 Å². The maximum absolute atomic E-state index is 13.3. The number of rotatable bonds is 2. The summed E-state index contributed by atoms with van der Waals surface area (Å²) >= 11 is 0. The van der Waals surface area contributed by atoms with Gasteiger partial charge in [0.05, 0.1) is 19.8 Å². The number of hydrogen-bond donors (Lipinski definition) is 0. The molecule has 1 aromatic carbocycles. The molecular weight excluding hydrogens is 197 g/mol. The van der Waals surface area contributed by atoms with Crippen LogP contribution in [0.15, 0.2) is 30.3 Å². The van der Waals surface area contributed by atoms with Gasteiger partial charge in [0.25, 0.3) is 0 Å². The lowest BCUT2D eigenvalue weighted by Gasteiger charge is -2.27. The average Bonchev–Trinajstić information content (AvgIpc) is 2.30. The fraction of sp³-hybridized carbons (Fsp3) is 0.364. The largest absolute Gasteiger partial charge is 0.378 e. The Bertz CT molecular complexity index is 342. The maximum atomic E-state index is 13.3. The molecule has 0 aliphatic carbocycles. The van der Waals surface area contributed by atoms with E-state index in [-0.39, 0.29) is 18.9 Å². The van der Waals surface area contributed by atoms with E-state index in [1.54, 1.807) is 24.3 Å². The highest BCUT2D eigenvalue weighted by molar-refractivity contribution is 6.00. The molecule has 0 radical (unpaired) electrons. The topological polar surface area (TPSA) is 29.5 Å². The van der Waals surface area contributed by atoms with E-state index in [0.29, 0.717) is 17.3 Å². The molecule has 1 saturated heterocycles. The minimum Gasteiger partial charge on any atom is -0.378 e. The van der Waals surface area contributed by atoms with Gasteiger partial charge in [0.2, 0.25) is 0 Å². The number of halogens is 1. The molecule has 0 bridgehead atoms. The number of ketones is 1. The third-order valence-corrected chi connectivity index (χ3v) is 2.42. The summed E-state index contributed by atoms with van der Waals surface area (Å²) in [5, 5.41) is 0.554. The summed E-state index contributed by atoms with van der Waals surface area (Å²) in [5.74, 6) is -0.224. The van der Waals surface area contributed by atoms with Crippen LogP contribution in [0, 0.1) is 0 Å². The Morgan fingerprint density at radius 2 is 2.13 bits per heavy atom. The lowest BCUT2D eigenvalue weighted by atomic mass is 10.0. The second kappa shape index (κ2) is 4.51. The van der Waals surface area contributed by atoms with E-state index in [1.807, 2.05) is 6.07 Å². The zero-order valence-corrected chi connectivity index (χ0v) is 8.23. The standard InChI is InChI=1S/C11H12FNO2/c12-13-6-7-15-8-10(13)11(14)9-4-2-1-3-5-9/h1-5,10H,6-8H2. The van der Waals surface area contributed by atoms with Crippen LogP contribution in [-0.2, 0) is 4.74 Å². The molecule has 3 nitrogen and oxygen atoms in total. The van der Waals surface area contributed by atoms with Gasteiger partial charge in [-0.1, -0.05) is 30.3 Å². The van der Waals surface area contributed by atoms with Crippen LogP contribution in [0.3, 0.4) is 0 Å². The van der Waals surface area contributed by atoms with Gasteiger partial charge >= 0.3 is 0 Å². The first-order valence-corrected chi connectivity index (χ1v) is 4.88. The number of morpholine rings is 1. The van der Waals surface area contributed by atoms with Gasteiger partial charge in [0, 0.05) is 5.56 Å². The van der Waals surface area contributed by atoms with Crippen molar-refractivity contribution < 1.29 is 14.0 Å². The molecule has 1 aliphatic rings. The first kappa shape index (κ1) is 10.3. The summed E-state index contributed by atoms with van der Waals surface area (Å²) in [7, 11) is 0. The molecule has 1 unspecified atom stereocenters. The van der Waals surface area contributed by atoms with Crippen molar-refractivity contribution in [3.8, 4) is 0 Å². The van der Waals surface area contributed by atoms with Crippen LogP contribution in [0.2, 0.25) is 0 Å². The summed E-state index contributed by atoms with van der Waals surface area (Å²) < 4.78 is 18.4. The Hall–Kier alpha value is -1.26. The van der Waals surface area contributed by atoms with E-state index in [9.17, 15) is 9.28 Å². The molecule has 1 aliphatic heterocycles. The fourth-order valence-corrected chi connectivity index (χ4v) is 1.58. The Balaban J connectivity index is 2.13. The van der Waals surface area contributed by atoms with Crippen LogP contribution in [0.5, 0.6) is 0 Å².